The Morgan fingerprint density at radius 3 is 2.27 bits per heavy atom. The molecule has 0 radical (unpaired) electrons. The van der Waals surface area contributed by atoms with Crippen LogP contribution < -0.4 is 4.74 Å². The molecule has 0 saturated carbocycles. The lowest BCUT2D eigenvalue weighted by molar-refractivity contribution is 0.403. The number of aryl methyl sites for hydroxylation is 1. The van der Waals surface area contributed by atoms with Crippen molar-refractivity contribution in [3.63, 3.8) is 0 Å². The van der Waals surface area contributed by atoms with E-state index < -0.39 is 11.6 Å². The van der Waals surface area contributed by atoms with E-state index in [1.165, 1.54) is 7.11 Å². The van der Waals surface area contributed by atoms with Gasteiger partial charge < -0.3 is 4.74 Å². The van der Waals surface area contributed by atoms with Gasteiger partial charge in [0.2, 0.25) is 0 Å². The SMILES string of the molecule is COc1cc(F)c(F)cc1C. The molecule has 0 aliphatic heterocycles. The van der Waals surface area contributed by atoms with Crippen molar-refractivity contribution < 1.29 is 13.5 Å². The van der Waals surface area contributed by atoms with E-state index in [0.29, 0.717) is 11.3 Å². The van der Waals surface area contributed by atoms with E-state index in [1.807, 2.05) is 0 Å². The lowest BCUT2D eigenvalue weighted by atomic mass is 10.2. The first kappa shape index (κ1) is 7.98. The van der Waals surface area contributed by atoms with Gasteiger partial charge in [-0.2, -0.15) is 0 Å². The number of hydrogen-bond acceptors (Lipinski definition) is 1. The van der Waals surface area contributed by atoms with Crippen molar-refractivity contribution >= 4 is 0 Å². The van der Waals surface area contributed by atoms with E-state index in [2.05, 4.69) is 0 Å². The van der Waals surface area contributed by atoms with E-state index in [4.69, 9.17) is 4.74 Å². The molecular formula is C8H8F2O. The first-order valence-corrected chi connectivity index (χ1v) is 3.15. The quantitative estimate of drug-likeness (QED) is 0.609. The molecule has 0 fully saturated rings. The molecule has 1 nitrogen and oxygen atoms in total. The van der Waals surface area contributed by atoms with Gasteiger partial charge in [0.25, 0.3) is 0 Å². The van der Waals surface area contributed by atoms with Gasteiger partial charge in [-0.3, -0.25) is 0 Å². The zero-order valence-electron chi connectivity index (χ0n) is 6.32. The van der Waals surface area contributed by atoms with Crippen LogP contribution in [-0.4, -0.2) is 7.11 Å². The smallest absolute Gasteiger partial charge is 0.162 e. The Bertz CT molecular complexity index is 271. The third-order valence-electron chi connectivity index (χ3n) is 1.44. The van der Waals surface area contributed by atoms with Crippen LogP contribution in [0.3, 0.4) is 0 Å². The Morgan fingerprint density at radius 1 is 1.18 bits per heavy atom. The molecule has 0 aliphatic carbocycles. The van der Waals surface area contributed by atoms with Crippen LogP contribution in [0.25, 0.3) is 0 Å². The van der Waals surface area contributed by atoms with Gasteiger partial charge in [-0.05, 0) is 18.6 Å². The van der Waals surface area contributed by atoms with E-state index >= 15 is 0 Å². The Kier molecular flexibility index (Phi) is 2.08. The fourth-order valence-corrected chi connectivity index (χ4v) is 0.848. The summed E-state index contributed by atoms with van der Waals surface area (Å²) in [6, 6.07) is 2.14. The Balaban J connectivity index is 3.21. The number of benzene rings is 1. The molecule has 0 aliphatic rings. The molecule has 3 heteroatoms. The summed E-state index contributed by atoms with van der Waals surface area (Å²) in [4.78, 5) is 0. The van der Waals surface area contributed by atoms with Gasteiger partial charge in [0.1, 0.15) is 5.75 Å². The van der Waals surface area contributed by atoms with Crippen LogP contribution in [0.5, 0.6) is 5.75 Å². The fourth-order valence-electron chi connectivity index (χ4n) is 0.848. The molecule has 60 valence electrons. The highest BCUT2D eigenvalue weighted by Crippen LogP contribution is 2.20. The normalized spacial score (nSPS) is 9.82. The summed E-state index contributed by atoms with van der Waals surface area (Å²) < 4.78 is 29.7. The molecule has 1 aromatic carbocycles. The molecule has 0 saturated heterocycles. The first-order chi connectivity index (χ1) is 5.15. The highest BCUT2D eigenvalue weighted by molar-refractivity contribution is 5.33. The summed E-state index contributed by atoms with van der Waals surface area (Å²) in [6.07, 6.45) is 0. The van der Waals surface area contributed by atoms with Crippen molar-refractivity contribution in [2.24, 2.45) is 0 Å². The molecule has 0 bridgehead atoms. The molecule has 1 aromatic rings. The van der Waals surface area contributed by atoms with Gasteiger partial charge in [0.05, 0.1) is 7.11 Å². The van der Waals surface area contributed by atoms with Gasteiger partial charge >= 0.3 is 0 Å². The number of methoxy groups -OCH3 is 1. The fraction of sp³-hybridized carbons (Fsp3) is 0.250. The number of hydrogen-bond donors (Lipinski definition) is 0. The van der Waals surface area contributed by atoms with Crippen molar-refractivity contribution in [2.75, 3.05) is 7.11 Å². The van der Waals surface area contributed by atoms with Crippen molar-refractivity contribution in [1.82, 2.24) is 0 Å². The van der Waals surface area contributed by atoms with Gasteiger partial charge in [0, 0.05) is 6.07 Å². The van der Waals surface area contributed by atoms with Crippen LogP contribution >= 0.6 is 0 Å². The van der Waals surface area contributed by atoms with Crippen molar-refractivity contribution in [2.45, 2.75) is 6.92 Å². The summed E-state index contributed by atoms with van der Waals surface area (Å²) in [6.45, 7) is 1.65. The van der Waals surface area contributed by atoms with E-state index in [-0.39, 0.29) is 0 Å². The van der Waals surface area contributed by atoms with Crippen LogP contribution in [0.2, 0.25) is 0 Å². The highest BCUT2D eigenvalue weighted by Gasteiger charge is 2.05. The largest absolute Gasteiger partial charge is 0.496 e. The first-order valence-electron chi connectivity index (χ1n) is 3.15. The van der Waals surface area contributed by atoms with E-state index in [9.17, 15) is 8.78 Å². The molecule has 11 heavy (non-hydrogen) atoms. The molecule has 0 N–H and O–H groups in total. The molecule has 0 heterocycles. The summed E-state index contributed by atoms with van der Waals surface area (Å²) >= 11 is 0. The zero-order chi connectivity index (χ0) is 8.43. The predicted molar refractivity (Wildman–Crippen MR) is 37.6 cm³/mol. The number of rotatable bonds is 1. The molecule has 0 spiro atoms. The molecule has 1 rings (SSSR count). The second kappa shape index (κ2) is 2.86. The third kappa shape index (κ3) is 1.48. The zero-order valence-corrected chi connectivity index (χ0v) is 6.32. The highest BCUT2D eigenvalue weighted by atomic mass is 19.2. The molecular weight excluding hydrogens is 150 g/mol. The van der Waals surface area contributed by atoms with Crippen LogP contribution in [0, 0.1) is 18.6 Å². The van der Waals surface area contributed by atoms with E-state index in [0.717, 1.165) is 12.1 Å². The summed E-state index contributed by atoms with van der Waals surface area (Å²) in [5, 5.41) is 0. The van der Waals surface area contributed by atoms with Crippen LogP contribution in [0.4, 0.5) is 8.78 Å². The van der Waals surface area contributed by atoms with Crippen LogP contribution in [0.15, 0.2) is 12.1 Å². The standard InChI is InChI=1S/C8H8F2O/c1-5-3-6(9)7(10)4-8(5)11-2/h3-4H,1-2H3. The van der Waals surface area contributed by atoms with E-state index in [1.54, 1.807) is 6.92 Å². The van der Waals surface area contributed by atoms with Crippen LogP contribution in [0.1, 0.15) is 5.56 Å². The monoisotopic (exact) mass is 158 g/mol. The lowest BCUT2D eigenvalue weighted by Crippen LogP contribution is -1.91. The maximum Gasteiger partial charge on any atom is 0.162 e. The summed E-state index contributed by atoms with van der Waals surface area (Å²) in [7, 11) is 1.42. The van der Waals surface area contributed by atoms with Gasteiger partial charge in [-0.15, -0.1) is 0 Å². The second-order valence-electron chi connectivity index (χ2n) is 2.24. The Labute approximate surface area is 63.6 Å². The minimum atomic E-state index is -0.882. The molecule has 0 atom stereocenters. The Hall–Kier alpha value is -1.12. The third-order valence-corrected chi connectivity index (χ3v) is 1.44. The number of ether oxygens (including phenoxy) is 1. The number of halogens is 2. The van der Waals surface area contributed by atoms with Gasteiger partial charge in [-0.1, -0.05) is 0 Å². The van der Waals surface area contributed by atoms with Gasteiger partial charge in [0.15, 0.2) is 11.6 Å². The van der Waals surface area contributed by atoms with Crippen LogP contribution in [-0.2, 0) is 0 Å². The molecule has 0 amide bonds. The van der Waals surface area contributed by atoms with Crippen molar-refractivity contribution in [3.05, 3.63) is 29.3 Å². The topological polar surface area (TPSA) is 9.23 Å². The van der Waals surface area contributed by atoms with Crippen molar-refractivity contribution in [3.8, 4) is 5.75 Å². The maximum absolute atomic E-state index is 12.5. The Morgan fingerprint density at radius 2 is 1.73 bits per heavy atom. The minimum Gasteiger partial charge on any atom is -0.496 e. The average molecular weight is 158 g/mol. The summed E-state index contributed by atoms with van der Waals surface area (Å²) in [5.74, 6) is -1.36. The second-order valence-corrected chi connectivity index (χ2v) is 2.24. The minimum absolute atomic E-state index is 0.365. The lowest BCUT2D eigenvalue weighted by Gasteiger charge is -2.03. The average Bonchev–Trinajstić information content (AvgIpc) is 1.97. The van der Waals surface area contributed by atoms with Gasteiger partial charge in [-0.25, -0.2) is 8.78 Å². The molecule has 0 unspecified atom stereocenters. The predicted octanol–water partition coefficient (Wildman–Crippen LogP) is 2.28. The van der Waals surface area contributed by atoms with Crippen molar-refractivity contribution in [1.29, 1.82) is 0 Å². The summed E-state index contributed by atoms with van der Waals surface area (Å²) in [5.41, 5.74) is 0.589. The molecule has 0 aromatic heterocycles. The maximum atomic E-state index is 12.5.